The second kappa shape index (κ2) is 7.58. The van der Waals surface area contributed by atoms with Crippen molar-refractivity contribution in [2.24, 2.45) is 40.4 Å². The van der Waals surface area contributed by atoms with Gasteiger partial charge >= 0.3 is 0 Å². The molecule has 0 unspecified atom stereocenters. The first-order valence-corrected chi connectivity index (χ1v) is 14.2. The molecule has 0 aromatic heterocycles. The molecular formula is C31H46N2O. The molecule has 34 heavy (non-hydrogen) atoms. The Kier molecular flexibility index (Phi) is 5.14. The van der Waals surface area contributed by atoms with E-state index in [0.717, 1.165) is 41.6 Å². The third-order valence-corrected chi connectivity index (χ3v) is 12.8. The highest BCUT2D eigenvalue weighted by Gasteiger charge is 2.63. The predicted molar refractivity (Wildman–Crippen MR) is 139 cm³/mol. The number of nitrogens with zero attached hydrogens (tertiary/aromatic N) is 2. The van der Waals surface area contributed by atoms with Gasteiger partial charge in [0, 0.05) is 18.7 Å². The third-order valence-electron chi connectivity index (χ3n) is 12.8. The maximum absolute atomic E-state index is 13.2. The van der Waals surface area contributed by atoms with E-state index in [1.807, 2.05) is 6.07 Å². The number of carbonyl (C=O) groups excluding carboxylic acids is 1. The zero-order valence-electron chi connectivity index (χ0n) is 22.4. The molecule has 1 spiro atoms. The number of rotatable bonds is 2. The number of benzene rings is 1. The van der Waals surface area contributed by atoms with E-state index >= 15 is 0 Å². The van der Waals surface area contributed by atoms with Crippen molar-refractivity contribution in [1.82, 2.24) is 9.80 Å². The van der Waals surface area contributed by atoms with Gasteiger partial charge in [0.2, 0.25) is 0 Å². The summed E-state index contributed by atoms with van der Waals surface area (Å²) in [6, 6.07) is 9.17. The molecule has 1 aliphatic heterocycles. The van der Waals surface area contributed by atoms with E-state index in [9.17, 15) is 4.79 Å². The lowest BCUT2D eigenvalue weighted by Gasteiger charge is -2.63. The first-order chi connectivity index (χ1) is 16.1. The van der Waals surface area contributed by atoms with Crippen LogP contribution in [0, 0.1) is 40.4 Å². The number of amides is 1. The smallest absolute Gasteiger partial charge is 0.254 e. The van der Waals surface area contributed by atoms with Crippen LogP contribution in [0.2, 0.25) is 0 Å². The van der Waals surface area contributed by atoms with Gasteiger partial charge in [-0.2, -0.15) is 0 Å². The van der Waals surface area contributed by atoms with E-state index in [4.69, 9.17) is 0 Å². The Labute approximate surface area is 207 Å². The van der Waals surface area contributed by atoms with Crippen molar-refractivity contribution >= 4 is 5.91 Å². The molecule has 5 aliphatic rings. The van der Waals surface area contributed by atoms with Crippen molar-refractivity contribution in [1.29, 1.82) is 0 Å². The molecule has 4 fully saturated rings. The molecule has 3 heteroatoms. The van der Waals surface area contributed by atoms with Gasteiger partial charge in [-0.15, -0.1) is 0 Å². The quantitative estimate of drug-likeness (QED) is 0.496. The van der Waals surface area contributed by atoms with E-state index in [0.29, 0.717) is 16.9 Å². The van der Waals surface area contributed by atoms with Gasteiger partial charge in [0.05, 0.1) is 5.54 Å². The summed E-state index contributed by atoms with van der Waals surface area (Å²) in [5.41, 5.74) is 3.19. The van der Waals surface area contributed by atoms with Gasteiger partial charge in [0.15, 0.2) is 0 Å². The summed E-state index contributed by atoms with van der Waals surface area (Å²) in [7, 11) is 6.63. The van der Waals surface area contributed by atoms with Crippen LogP contribution in [0.15, 0.2) is 24.3 Å². The van der Waals surface area contributed by atoms with Gasteiger partial charge in [-0.25, -0.2) is 0 Å². The van der Waals surface area contributed by atoms with Crippen molar-refractivity contribution in [3.05, 3.63) is 35.4 Å². The van der Waals surface area contributed by atoms with E-state index < -0.39 is 0 Å². The Morgan fingerprint density at radius 2 is 1.68 bits per heavy atom. The second-order valence-corrected chi connectivity index (χ2v) is 13.7. The van der Waals surface area contributed by atoms with Crippen LogP contribution in [0.4, 0.5) is 0 Å². The van der Waals surface area contributed by atoms with Crippen molar-refractivity contribution in [2.45, 2.75) is 90.1 Å². The van der Waals surface area contributed by atoms with Crippen LogP contribution < -0.4 is 0 Å². The van der Waals surface area contributed by atoms with E-state index in [1.165, 1.54) is 56.9 Å². The van der Waals surface area contributed by atoms with Gasteiger partial charge in [-0.05, 0) is 131 Å². The molecule has 1 amide bonds. The Morgan fingerprint density at radius 3 is 2.44 bits per heavy atom. The molecule has 0 saturated heterocycles. The molecule has 186 valence electrons. The average Bonchev–Trinajstić information content (AvgIpc) is 3.28. The van der Waals surface area contributed by atoms with Gasteiger partial charge in [-0.3, -0.25) is 4.79 Å². The molecule has 4 saturated carbocycles. The third kappa shape index (κ3) is 2.83. The summed E-state index contributed by atoms with van der Waals surface area (Å²) >= 11 is 0. The number of fused-ring (bicyclic) bond motifs is 7. The SMILES string of the molecule is C[C@@H]([C@H]1CC[C@H]2[C@@H]3CC[C@H]4C[C@]5(CC[C@]4(C)[C@H]3CC[C@@]12C)c1ccccc1C(=O)N5C)N(C)C. The van der Waals surface area contributed by atoms with E-state index in [-0.39, 0.29) is 11.4 Å². The minimum Gasteiger partial charge on any atom is -0.332 e. The van der Waals surface area contributed by atoms with Crippen LogP contribution in [-0.2, 0) is 5.54 Å². The summed E-state index contributed by atoms with van der Waals surface area (Å²) < 4.78 is 0. The van der Waals surface area contributed by atoms with Crippen LogP contribution in [-0.4, -0.2) is 42.9 Å². The van der Waals surface area contributed by atoms with Crippen LogP contribution >= 0.6 is 0 Å². The molecule has 1 aromatic carbocycles. The summed E-state index contributed by atoms with van der Waals surface area (Å²) in [5.74, 6) is 4.56. The molecule has 6 rings (SSSR count). The minimum atomic E-state index is -0.0620. The Balaban J connectivity index is 1.28. The first kappa shape index (κ1) is 23.1. The van der Waals surface area contributed by atoms with Gasteiger partial charge in [0.1, 0.15) is 0 Å². The minimum absolute atomic E-state index is 0.0620. The van der Waals surface area contributed by atoms with E-state index in [2.05, 4.69) is 69.9 Å². The predicted octanol–water partition coefficient (Wildman–Crippen LogP) is 6.58. The molecular weight excluding hydrogens is 416 g/mol. The fraction of sp³-hybridized carbons (Fsp3) is 0.774. The summed E-state index contributed by atoms with van der Waals surface area (Å²) in [6.45, 7) is 7.81. The topological polar surface area (TPSA) is 23.6 Å². The van der Waals surface area contributed by atoms with Crippen molar-refractivity contribution in [2.75, 3.05) is 21.1 Å². The summed E-state index contributed by atoms with van der Waals surface area (Å²) in [5, 5.41) is 0. The van der Waals surface area contributed by atoms with Gasteiger partial charge in [-0.1, -0.05) is 32.0 Å². The van der Waals surface area contributed by atoms with Crippen LogP contribution in [0.3, 0.4) is 0 Å². The Morgan fingerprint density at radius 1 is 0.941 bits per heavy atom. The second-order valence-electron chi connectivity index (χ2n) is 13.7. The van der Waals surface area contributed by atoms with Crippen molar-refractivity contribution < 1.29 is 4.79 Å². The summed E-state index contributed by atoms with van der Waals surface area (Å²) in [6.07, 6.45) is 12.1. The highest BCUT2D eigenvalue weighted by molar-refractivity contribution is 5.99. The fourth-order valence-electron chi connectivity index (χ4n) is 10.6. The Bertz CT molecular complexity index is 987. The van der Waals surface area contributed by atoms with Crippen molar-refractivity contribution in [3.63, 3.8) is 0 Å². The maximum atomic E-state index is 13.2. The standard InChI is InChI=1S/C31H46N2O/c1-20(32(4)5)24-13-14-25-22-12-11-21-19-31(27-10-8-7-9-23(27)28(34)33(31)6)18-17-29(21,2)26(22)15-16-30(24,25)3/h7-10,20-22,24-26H,11-19H2,1-6H3/t20-,21-,22-,24+,25-,26-,29-,30-,31+/m0/s1. The normalized spacial score (nSPS) is 46.3. The molecule has 4 aliphatic carbocycles. The molecule has 0 N–H and O–H groups in total. The molecule has 9 atom stereocenters. The highest BCUT2D eigenvalue weighted by atomic mass is 16.2. The highest BCUT2D eigenvalue weighted by Crippen LogP contribution is 2.69. The number of carbonyl (C=O) groups is 1. The van der Waals surface area contributed by atoms with Crippen LogP contribution in [0.1, 0.15) is 94.5 Å². The molecule has 0 radical (unpaired) electrons. The largest absolute Gasteiger partial charge is 0.332 e. The first-order valence-electron chi connectivity index (χ1n) is 14.2. The fourth-order valence-corrected chi connectivity index (χ4v) is 10.6. The molecule has 1 aromatic rings. The number of hydrogen-bond donors (Lipinski definition) is 0. The summed E-state index contributed by atoms with van der Waals surface area (Å²) in [4.78, 5) is 17.8. The number of hydrogen-bond acceptors (Lipinski definition) is 2. The zero-order chi connectivity index (χ0) is 24.0. The average molecular weight is 463 g/mol. The molecule has 0 bridgehead atoms. The monoisotopic (exact) mass is 462 g/mol. The molecule has 3 nitrogen and oxygen atoms in total. The van der Waals surface area contributed by atoms with E-state index in [1.54, 1.807) is 0 Å². The lowest BCUT2D eigenvalue weighted by atomic mass is 9.43. The lowest BCUT2D eigenvalue weighted by Crippen LogP contribution is -2.57. The zero-order valence-corrected chi connectivity index (χ0v) is 22.4. The van der Waals surface area contributed by atoms with Gasteiger partial charge in [0.25, 0.3) is 5.91 Å². The maximum Gasteiger partial charge on any atom is 0.254 e. The van der Waals surface area contributed by atoms with Gasteiger partial charge < -0.3 is 9.80 Å². The van der Waals surface area contributed by atoms with Crippen LogP contribution in [0.5, 0.6) is 0 Å². The lowest BCUT2D eigenvalue weighted by molar-refractivity contribution is -0.134. The van der Waals surface area contributed by atoms with Crippen LogP contribution in [0.25, 0.3) is 0 Å². The molecule has 1 heterocycles. The Hall–Kier alpha value is -1.35. The van der Waals surface area contributed by atoms with Crippen molar-refractivity contribution in [3.8, 4) is 0 Å².